The van der Waals surface area contributed by atoms with E-state index in [9.17, 15) is 18.0 Å². The number of benzene rings is 1. The highest BCUT2D eigenvalue weighted by atomic mass is 19.4. The number of carbonyl (C=O) groups excluding carboxylic acids is 1. The molecular weight excluding hydrogens is 515 g/mol. The van der Waals surface area contributed by atoms with E-state index in [0.29, 0.717) is 18.7 Å². The van der Waals surface area contributed by atoms with E-state index in [4.69, 9.17) is 0 Å². The summed E-state index contributed by atoms with van der Waals surface area (Å²) in [6.07, 6.45) is 8.91. The van der Waals surface area contributed by atoms with E-state index in [-0.39, 0.29) is 17.6 Å². The first kappa shape index (κ1) is 32.8. The Bertz CT molecular complexity index is 1090. The van der Waals surface area contributed by atoms with Gasteiger partial charge in [-0.25, -0.2) is 0 Å². The molecule has 2 saturated heterocycles. The van der Waals surface area contributed by atoms with Crippen LogP contribution in [0.25, 0.3) is 0 Å². The van der Waals surface area contributed by atoms with Crippen molar-refractivity contribution < 1.29 is 22.7 Å². The second kappa shape index (κ2) is 16.7. The Morgan fingerprint density at radius 3 is 2.17 bits per heavy atom. The van der Waals surface area contributed by atoms with Gasteiger partial charge < -0.3 is 9.64 Å². The molecule has 0 spiro atoms. The average molecular weight is 558 g/mol. The molecule has 1 aromatic heterocycles. The fraction of sp³-hybridized carbons (Fsp3) is 0.438. The lowest BCUT2D eigenvalue weighted by atomic mass is 9.99. The molecule has 218 valence electrons. The Morgan fingerprint density at radius 2 is 1.62 bits per heavy atom. The SMILES string of the molecule is C=CC=CC1CN(Cc2ccc(OC(F)(F)F)cc2)C(=O)/C1=C\C.CC.CC1CCN(Cc2ccncc2)CC1. The first-order chi connectivity index (χ1) is 19.2. The summed E-state index contributed by atoms with van der Waals surface area (Å²) in [6, 6.07) is 9.76. The fourth-order valence-electron chi connectivity index (χ4n) is 4.59. The lowest BCUT2D eigenvalue weighted by Gasteiger charge is -2.30. The van der Waals surface area contributed by atoms with Gasteiger partial charge in [0.05, 0.1) is 0 Å². The molecule has 2 aromatic rings. The average Bonchev–Trinajstić information content (AvgIpc) is 3.24. The minimum atomic E-state index is -4.71. The van der Waals surface area contributed by atoms with Crippen molar-refractivity contribution in [1.29, 1.82) is 0 Å². The molecular formula is C32H42F3N3O2. The molecule has 0 saturated carbocycles. The Balaban J connectivity index is 0.000000296. The van der Waals surface area contributed by atoms with Gasteiger partial charge in [-0.2, -0.15) is 0 Å². The van der Waals surface area contributed by atoms with E-state index >= 15 is 0 Å². The molecule has 0 N–H and O–H groups in total. The highest BCUT2D eigenvalue weighted by Crippen LogP contribution is 2.28. The molecule has 0 aliphatic carbocycles. The van der Waals surface area contributed by atoms with Gasteiger partial charge >= 0.3 is 6.36 Å². The maximum atomic E-state index is 12.4. The van der Waals surface area contributed by atoms with Gasteiger partial charge in [-0.3, -0.25) is 14.7 Å². The summed E-state index contributed by atoms with van der Waals surface area (Å²) in [5.74, 6) is 0.573. The van der Waals surface area contributed by atoms with Crippen molar-refractivity contribution in [3.05, 3.63) is 96.4 Å². The van der Waals surface area contributed by atoms with Crippen molar-refractivity contribution in [1.82, 2.24) is 14.8 Å². The van der Waals surface area contributed by atoms with Crippen LogP contribution in [-0.2, 0) is 17.9 Å². The van der Waals surface area contributed by atoms with Crippen LogP contribution in [0.1, 0.15) is 51.7 Å². The van der Waals surface area contributed by atoms with Gasteiger partial charge in [0.2, 0.25) is 5.91 Å². The van der Waals surface area contributed by atoms with Gasteiger partial charge in [0.1, 0.15) is 5.75 Å². The van der Waals surface area contributed by atoms with Gasteiger partial charge in [-0.1, -0.05) is 63.8 Å². The van der Waals surface area contributed by atoms with Crippen LogP contribution in [-0.4, -0.2) is 46.7 Å². The molecule has 1 aromatic carbocycles. The fourth-order valence-corrected chi connectivity index (χ4v) is 4.59. The van der Waals surface area contributed by atoms with Crippen molar-refractivity contribution in [3.63, 3.8) is 0 Å². The van der Waals surface area contributed by atoms with Crippen LogP contribution in [0.3, 0.4) is 0 Å². The van der Waals surface area contributed by atoms with E-state index in [1.807, 2.05) is 39.2 Å². The smallest absolute Gasteiger partial charge is 0.406 e. The maximum Gasteiger partial charge on any atom is 0.573 e. The molecule has 1 amide bonds. The zero-order valence-corrected chi connectivity index (χ0v) is 24.0. The van der Waals surface area contributed by atoms with E-state index in [1.165, 1.54) is 55.8 Å². The number of alkyl halides is 3. The number of nitrogens with zero attached hydrogens (tertiary/aromatic N) is 3. The van der Waals surface area contributed by atoms with Gasteiger partial charge in [-0.05, 0) is 74.2 Å². The number of rotatable bonds is 7. The number of hydrogen-bond acceptors (Lipinski definition) is 4. The van der Waals surface area contributed by atoms with E-state index in [2.05, 4.69) is 40.3 Å². The predicted molar refractivity (Wildman–Crippen MR) is 154 cm³/mol. The summed E-state index contributed by atoms with van der Waals surface area (Å²) in [7, 11) is 0. The topological polar surface area (TPSA) is 45.7 Å². The normalized spacial score (nSPS) is 19.2. The number of carbonyl (C=O) groups is 1. The van der Waals surface area contributed by atoms with Crippen LogP contribution < -0.4 is 4.74 Å². The van der Waals surface area contributed by atoms with Gasteiger partial charge in [0.25, 0.3) is 0 Å². The van der Waals surface area contributed by atoms with Crippen molar-refractivity contribution in [2.75, 3.05) is 19.6 Å². The lowest BCUT2D eigenvalue weighted by Crippen LogP contribution is -2.32. The zero-order valence-electron chi connectivity index (χ0n) is 24.0. The Labute approximate surface area is 237 Å². The summed E-state index contributed by atoms with van der Waals surface area (Å²) >= 11 is 0. The number of allylic oxidation sites excluding steroid dienone is 3. The van der Waals surface area contributed by atoms with Crippen molar-refractivity contribution in [3.8, 4) is 5.75 Å². The standard InChI is InChI=1S/C18H18F3NO2.C12H18N2.C2H6/c1-3-5-6-14-12-22(17(23)16(14)4-2)11-13-7-9-15(10-8-13)24-18(19,20)21;1-11-4-8-14(9-5-11)10-12-2-6-13-7-3-12;1-2/h3-10,14H,1,11-12H2,2H3;2-3,6-7,11H,4-5,8-10H2,1H3;1-2H3/b6-5?,16-4-;;. The quantitative estimate of drug-likeness (QED) is 0.260. The number of ether oxygens (including phenoxy) is 1. The van der Waals surface area contributed by atoms with Crippen LogP contribution in [0.15, 0.2) is 85.2 Å². The van der Waals surface area contributed by atoms with Crippen molar-refractivity contribution in [2.24, 2.45) is 11.8 Å². The number of amides is 1. The molecule has 2 aliphatic rings. The first-order valence-electron chi connectivity index (χ1n) is 13.9. The summed E-state index contributed by atoms with van der Waals surface area (Å²) in [5, 5.41) is 0. The third-order valence-electron chi connectivity index (χ3n) is 6.70. The summed E-state index contributed by atoms with van der Waals surface area (Å²) in [5.41, 5.74) is 2.83. The van der Waals surface area contributed by atoms with Crippen LogP contribution in [0.2, 0.25) is 0 Å². The second-order valence-electron chi connectivity index (χ2n) is 9.66. The maximum absolute atomic E-state index is 12.4. The predicted octanol–water partition coefficient (Wildman–Crippen LogP) is 7.57. The van der Waals surface area contributed by atoms with Crippen molar-refractivity contribution in [2.45, 2.75) is 60.0 Å². The summed E-state index contributed by atoms with van der Waals surface area (Å²) in [6.45, 7) is 16.2. The molecule has 2 aliphatic heterocycles. The minimum absolute atomic E-state index is 0.00617. The molecule has 0 bridgehead atoms. The summed E-state index contributed by atoms with van der Waals surface area (Å²) < 4.78 is 40.3. The third kappa shape index (κ3) is 11.0. The van der Waals surface area contributed by atoms with Gasteiger partial charge in [-0.15, -0.1) is 13.2 Å². The highest BCUT2D eigenvalue weighted by Gasteiger charge is 2.33. The zero-order chi connectivity index (χ0) is 29.5. The molecule has 4 rings (SSSR count). The third-order valence-corrected chi connectivity index (χ3v) is 6.70. The largest absolute Gasteiger partial charge is 0.573 e. The number of piperidine rings is 1. The number of likely N-dealkylation sites (tertiary alicyclic amines) is 2. The highest BCUT2D eigenvalue weighted by molar-refractivity contribution is 5.96. The van der Waals surface area contributed by atoms with Crippen LogP contribution in [0, 0.1) is 11.8 Å². The summed E-state index contributed by atoms with van der Waals surface area (Å²) in [4.78, 5) is 20.6. The molecule has 0 radical (unpaired) electrons. The first-order valence-corrected chi connectivity index (χ1v) is 13.9. The van der Waals surface area contributed by atoms with E-state index in [0.717, 1.165) is 18.0 Å². The number of pyridine rings is 1. The second-order valence-corrected chi connectivity index (χ2v) is 9.66. The van der Waals surface area contributed by atoms with Crippen LogP contribution in [0.4, 0.5) is 13.2 Å². The Morgan fingerprint density at radius 1 is 1.02 bits per heavy atom. The molecule has 5 nitrogen and oxygen atoms in total. The van der Waals surface area contributed by atoms with Crippen LogP contribution in [0.5, 0.6) is 5.75 Å². The van der Waals surface area contributed by atoms with E-state index < -0.39 is 6.36 Å². The molecule has 2 fully saturated rings. The Hall–Kier alpha value is -3.39. The lowest BCUT2D eigenvalue weighted by molar-refractivity contribution is -0.274. The van der Waals surface area contributed by atoms with E-state index in [1.54, 1.807) is 23.1 Å². The molecule has 3 heterocycles. The Kier molecular flexibility index (Phi) is 13.7. The molecule has 1 unspecified atom stereocenters. The molecule has 8 heteroatoms. The number of halogens is 3. The monoisotopic (exact) mass is 557 g/mol. The number of hydrogen-bond donors (Lipinski definition) is 0. The van der Waals surface area contributed by atoms with Crippen LogP contribution >= 0.6 is 0 Å². The molecule has 1 atom stereocenters. The van der Waals surface area contributed by atoms with Gasteiger partial charge in [0.15, 0.2) is 0 Å². The van der Waals surface area contributed by atoms with Gasteiger partial charge in [0, 0.05) is 43.5 Å². The molecule has 40 heavy (non-hydrogen) atoms. The minimum Gasteiger partial charge on any atom is -0.406 e. The number of aromatic nitrogens is 1. The van der Waals surface area contributed by atoms with Crippen molar-refractivity contribution >= 4 is 5.91 Å².